The molecule has 0 radical (unpaired) electrons. The minimum atomic E-state index is 0.465. The molecule has 5 nitrogen and oxygen atoms in total. The molecule has 1 heterocycles. The van der Waals surface area contributed by atoms with Crippen molar-refractivity contribution in [2.24, 2.45) is 0 Å². The molecular weight excluding hydrogens is 311 g/mol. The number of hydrogen-bond acceptors (Lipinski definition) is 5. The van der Waals surface area contributed by atoms with Crippen molar-refractivity contribution in [1.29, 1.82) is 0 Å². The van der Waals surface area contributed by atoms with Crippen LogP contribution in [0.2, 0.25) is 10.0 Å². The van der Waals surface area contributed by atoms with E-state index in [1.807, 2.05) is 12.1 Å². The van der Waals surface area contributed by atoms with Gasteiger partial charge in [-0.15, -0.1) is 0 Å². The molecule has 1 aromatic carbocycles. The Bertz CT molecular complexity index is 595. The minimum absolute atomic E-state index is 0.465. The van der Waals surface area contributed by atoms with E-state index in [1.54, 1.807) is 25.4 Å². The normalized spacial score (nSPS) is 10.4. The fourth-order valence-electron chi connectivity index (χ4n) is 1.67. The third-order valence-electron chi connectivity index (χ3n) is 2.68. The number of anilines is 3. The Balaban J connectivity index is 2.02. The first-order valence-electron chi connectivity index (χ1n) is 6.47. The van der Waals surface area contributed by atoms with Gasteiger partial charge in [-0.05, 0) is 24.6 Å². The largest absolute Gasteiger partial charge is 0.385 e. The average Bonchev–Trinajstić information content (AvgIpc) is 2.49. The van der Waals surface area contributed by atoms with Crippen molar-refractivity contribution >= 4 is 40.7 Å². The number of aromatic nitrogens is 2. The van der Waals surface area contributed by atoms with Gasteiger partial charge in [-0.2, -0.15) is 4.98 Å². The molecule has 0 fully saturated rings. The molecule has 2 rings (SSSR count). The number of nitrogens with one attached hydrogen (secondary N) is 2. The van der Waals surface area contributed by atoms with Gasteiger partial charge < -0.3 is 15.4 Å². The predicted octanol–water partition coefficient (Wildman–Crippen LogP) is 3.98. The molecule has 2 N–H and O–H groups in total. The number of halogens is 2. The van der Waals surface area contributed by atoms with Crippen LogP contribution in [-0.4, -0.2) is 30.2 Å². The first-order valence-corrected chi connectivity index (χ1v) is 7.23. The monoisotopic (exact) mass is 326 g/mol. The van der Waals surface area contributed by atoms with Crippen molar-refractivity contribution in [2.45, 2.75) is 6.42 Å². The fraction of sp³-hybridized carbons (Fsp3) is 0.286. The molecule has 0 bridgehead atoms. The molecule has 1 aromatic heterocycles. The molecule has 21 heavy (non-hydrogen) atoms. The molecule has 0 atom stereocenters. The van der Waals surface area contributed by atoms with E-state index in [2.05, 4.69) is 20.6 Å². The summed E-state index contributed by atoms with van der Waals surface area (Å²) in [6, 6.07) is 7.15. The Labute approximate surface area is 133 Å². The van der Waals surface area contributed by atoms with Crippen molar-refractivity contribution in [2.75, 3.05) is 30.9 Å². The highest BCUT2D eigenvalue weighted by molar-refractivity contribution is 6.43. The molecule has 112 valence electrons. The Kier molecular flexibility index (Phi) is 6.04. The van der Waals surface area contributed by atoms with Gasteiger partial charge in [0.2, 0.25) is 5.95 Å². The van der Waals surface area contributed by atoms with Crippen LogP contribution in [0.15, 0.2) is 30.5 Å². The maximum absolute atomic E-state index is 6.13. The summed E-state index contributed by atoms with van der Waals surface area (Å²) in [7, 11) is 1.68. The van der Waals surface area contributed by atoms with Crippen LogP contribution in [-0.2, 0) is 4.74 Å². The topological polar surface area (TPSA) is 59.1 Å². The lowest BCUT2D eigenvalue weighted by Crippen LogP contribution is -2.08. The SMILES string of the molecule is COCCCNc1nccc(Nc2cccc(Cl)c2Cl)n1. The van der Waals surface area contributed by atoms with Crippen molar-refractivity contribution < 1.29 is 4.74 Å². The molecule has 0 spiro atoms. The molecule has 0 saturated carbocycles. The highest BCUT2D eigenvalue weighted by Gasteiger charge is 2.06. The Hall–Kier alpha value is -1.56. The van der Waals surface area contributed by atoms with Crippen LogP contribution in [0.4, 0.5) is 17.5 Å². The number of rotatable bonds is 7. The van der Waals surface area contributed by atoms with E-state index in [0.29, 0.717) is 34.1 Å². The standard InChI is InChI=1S/C14H16Cl2N4O/c1-21-9-3-7-17-14-18-8-6-12(20-14)19-11-5-2-4-10(15)13(11)16/h2,4-6,8H,3,7,9H2,1H3,(H2,17,18,19,20). The highest BCUT2D eigenvalue weighted by Crippen LogP contribution is 2.31. The predicted molar refractivity (Wildman–Crippen MR) is 86.8 cm³/mol. The van der Waals surface area contributed by atoms with Gasteiger partial charge >= 0.3 is 0 Å². The van der Waals surface area contributed by atoms with E-state index in [0.717, 1.165) is 13.0 Å². The molecular formula is C14H16Cl2N4O. The van der Waals surface area contributed by atoms with Crippen LogP contribution in [0.5, 0.6) is 0 Å². The zero-order valence-corrected chi connectivity index (χ0v) is 13.1. The summed E-state index contributed by atoms with van der Waals surface area (Å²) >= 11 is 12.1. The zero-order valence-electron chi connectivity index (χ0n) is 11.6. The van der Waals surface area contributed by atoms with Gasteiger partial charge in [0.1, 0.15) is 5.82 Å². The minimum Gasteiger partial charge on any atom is -0.385 e. The molecule has 0 saturated heterocycles. The number of nitrogens with zero attached hydrogens (tertiary/aromatic N) is 2. The summed E-state index contributed by atoms with van der Waals surface area (Å²) < 4.78 is 4.99. The van der Waals surface area contributed by atoms with E-state index in [4.69, 9.17) is 27.9 Å². The number of hydrogen-bond donors (Lipinski definition) is 2. The van der Waals surface area contributed by atoms with Crippen molar-refractivity contribution in [3.8, 4) is 0 Å². The van der Waals surface area contributed by atoms with Gasteiger partial charge in [0, 0.05) is 26.5 Å². The summed E-state index contributed by atoms with van der Waals surface area (Å²) in [5.74, 6) is 1.19. The molecule has 2 aromatic rings. The third-order valence-corrected chi connectivity index (χ3v) is 3.50. The van der Waals surface area contributed by atoms with Crippen molar-refractivity contribution in [3.63, 3.8) is 0 Å². The van der Waals surface area contributed by atoms with Crippen molar-refractivity contribution in [1.82, 2.24) is 9.97 Å². The Morgan fingerprint density at radius 3 is 2.90 bits per heavy atom. The van der Waals surface area contributed by atoms with Gasteiger partial charge in [0.25, 0.3) is 0 Å². The van der Waals surface area contributed by atoms with Gasteiger partial charge in [-0.3, -0.25) is 0 Å². The van der Waals surface area contributed by atoms with Crippen LogP contribution >= 0.6 is 23.2 Å². The van der Waals surface area contributed by atoms with Crippen LogP contribution in [0.3, 0.4) is 0 Å². The van der Waals surface area contributed by atoms with Crippen LogP contribution in [0.25, 0.3) is 0 Å². The van der Waals surface area contributed by atoms with E-state index < -0.39 is 0 Å². The summed E-state index contributed by atoms with van der Waals surface area (Å²) in [6.45, 7) is 1.44. The van der Waals surface area contributed by atoms with Crippen LogP contribution < -0.4 is 10.6 Å². The number of benzene rings is 1. The van der Waals surface area contributed by atoms with E-state index in [1.165, 1.54) is 0 Å². The van der Waals surface area contributed by atoms with Crippen molar-refractivity contribution in [3.05, 3.63) is 40.5 Å². The molecule has 0 unspecified atom stereocenters. The maximum Gasteiger partial charge on any atom is 0.224 e. The summed E-state index contributed by atoms with van der Waals surface area (Å²) in [4.78, 5) is 8.52. The lowest BCUT2D eigenvalue weighted by Gasteiger charge is -2.10. The van der Waals surface area contributed by atoms with Gasteiger partial charge in [-0.25, -0.2) is 4.98 Å². The van der Waals surface area contributed by atoms with Gasteiger partial charge in [0.15, 0.2) is 0 Å². The molecule has 0 aliphatic heterocycles. The zero-order chi connectivity index (χ0) is 15.1. The van der Waals surface area contributed by atoms with Gasteiger partial charge in [0.05, 0.1) is 15.7 Å². The Morgan fingerprint density at radius 1 is 1.24 bits per heavy atom. The first-order chi connectivity index (χ1) is 10.2. The summed E-state index contributed by atoms with van der Waals surface area (Å²) in [5.41, 5.74) is 0.702. The third kappa shape index (κ3) is 4.74. The van der Waals surface area contributed by atoms with E-state index in [-0.39, 0.29) is 0 Å². The summed E-state index contributed by atoms with van der Waals surface area (Å²) in [6.07, 6.45) is 2.56. The molecule has 0 aliphatic rings. The lowest BCUT2D eigenvalue weighted by molar-refractivity contribution is 0.197. The van der Waals surface area contributed by atoms with E-state index >= 15 is 0 Å². The van der Waals surface area contributed by atoms with Crippen LogP contribution in [0.1, 0.15) is 6.42 Å². The quantitative estimate of drug-likeness (QED) is 0.754. The lowest BCUT2D eigenvalue weighted by atomic mass is 10.3. The molecule has 7 heteroatoms. The van der Waals surface area contributed by atoms with Gasteiger partial charge in [-0.1, -0.05) is 29.3 Å². The smallest absolute Gasteiger partial charge is 0.224 e. The summed E-state index contributed by atoms with van der Waals surface area (Å²) in [5, 5.41) is 7.21. The first kappa shape index (κ1) is 15.8. The second-order valence-electron chi connectivity index (χ2n) is 4.26. The second kappa shape index (κ2) is 8.02. The van der Waals surface area contributed by atoms with E-state index in [9.17, 15) is 0 Å². The second-order valence-corrected chi connectivity index (χ2v) is 5.05. The fourth-order valence-corrected chi connectivity index (χ4v) is 2.02. The highest BCUT2D eigenvalue weighted by atomic mass is 35.5. The van der Waals surface area contributed by atoms with Crippen LogP contribution in [0, 0.1) is 0 Å². The molecule has 0 aliphatic carbocycles. The average molecular weight is 327 g/mol. The number of ether oxygens (including phenoxy) is 1. The maximum atomic E-state index is 6.13. The number of methoxy groups -OCH3 is 1. The molecule has 0 amide bonds. The Morgan fingerprint density at radius 2 is 2.10 bits per heavy atom.